The molecule has 3 heterocycles. The van der Waals surface area contributed by atoms with Crippen LogP contribution in [0.4, 0.5) is 4.79 Å². The van der Waals surface area contributed by atoms with Gasteiger partial charge >= 0.3 is 6.09 Å². The number of likely N-dealkylation sites (tertiary alicyclic amines) is 1. The number of amides is 1. The lowest BCUT2D eigenvalue weighted by molar-refractivity contribution is 0.0518. The monoisotopic (exact) mass is 478 g/mol. The summed E-state index contributed by atoms with van der Waals surface area (Å²) < 4.78 is 11.6. The maximum absolute atomic E-state index is 12.4. The first-order valence-electron chi connectivity index (χ1n) is 13.2. The van der Waals surface area contributed by atoms with Crippen LogP contribution in [0, 0.1) is 5.41 Å². The van der Waals surface area contributed by atoms with Gasteiger partial charge in [0.2, 0.25) is 5.89 Å². The van der Waals surface area contributed by atoms with Gasteiger partial charge in [-0.2, -0.15) is 4.98 Å². The number of aromatic nitrogens is 2. The molecule has 2 unspecified atom stereocenters. The van der Waals surface area contributed by atoms with Gasteiger partial charge in [-0.15, -0.1) is 11.6 Å². The van der Waals surface area contributed by atoms with E-state index in [2.05, 4.69) is 10.5 Å². The summed E-state index contributed by atoms with van der Waals surface area (Å²) in [5.41, 5.74) is -0.116. The molecular weight excluding hydrogens is 440 g/mol. The van der Waals surface area contributed by atoms with Crippen LogP contribution in [0.3, 0.4) is 0 Å². The minimum Gasteiger partial charge on any atom is -0.443 e. The predicted molar refractivity (Wildman–Crippen MR) is 126 cm³/mol. The predicted octanol–water partition coefficient (Wildman–Crippen LogP) is 5.70. The number of rotatable bonds is 3. The molecule has 0 aromatic carbocycles. The third kappa shape index (κ3) is 5.34. The Hall–Kier alpha value is -1.34. The molecule has 8 heteroatoms. The van der Waals surface area contributed by atoms with Crippen LogP contribution in [0.2, 0.25) is 0 Å². The summed E-state index contributed by atoms with van der Waals surface area (Å²) in [6, 6.07) is 0. The first-order chi connectivity index (χ1) is 16.0. The fourth-order valence-electron chi connectivity index (χ4n) is 6.08. The van der Waals surface area contributed by atoms with Crippen molar-refractivity contribution in [3.63, 3.8) is 0 Å². The van der Waals surface area contributed by atoms with Crippen LogP contribution < -0.4 is 5.32 Å². The van der Waals surface area contributed by atoms with Gasteiger partial charge in [0.1, 0.15) is 5.60 Å². The molecule has 1 amide bonds. The Labute approximate surface area is 202 Å². The lowest BCUT2D eigenvalue weighted by atomic mass is 9.65. The van der Waals surface area contributed by atoms with Gasteiger partial charge in [0.05, 0.1) is 5.50 Å². The van der Waals surface area contributed by atoms with Gasteiger partial charge in [-0.3, -0.25) is 0 Å². The SMILES string of the molecule is CC1(OC(=O)N2CCC(c3noc(C4CC(Cl)NCC45CCCCCCCC5)n3)CC2)CC1. The Balaban J connectivity index is 1.25. The number of carbonyl (C=O) groups excluding carboxylic acids is 1. The molecule has 1 aromatic rings. The van der Waals surface area contributed by atoms with E-state index in [1.54, 1.807) is 0 Å². The Morgan fingerprint density at radius 3 is 2.42 bits per heavy atom. The third-order valence-corrected chi connectivity index (χ3v) is 8.95. The molecule has 4 fully saturated rings. The standard InChI is InChI=1S/C25H39ClN4O3/c1-24(12-13-24)32-23(31)30-14-8-18(9-15-30)21-28-22(33-29-21)19-16-20(26)27-17-25(19)10-6-4-2-3-5-7-11-25/h18-20,27H,2-17H2,1H3. The topological polar surface area (TPSA) is 80.5 Å². The third-order valence-electron chi connectivity index (χ3n) is 8.62. The van der Waals surface area contributed by atoms with Crippen molar-refractivity contribution >= 4 is 17.7 Å². The molecule has 2 aliphatic heterocycles. The molecule has 184 valence electrons. The van der Waals surface area contributed by atoms with Gasteiger partial charge in [-0.25, -0.2) is 4.79 Å². The largest absolute Gasteiger partial charge is 0.443 e. The second-order valence-corrected chi connectivity index (χ2v) is 11.7. The summed E-state index contributed by atoms with van der Waals surface area (Å²) in [6.07, 6.45) is 14.6. The van der Waals surface area contributed by atoms with Gasteiger partial charge in [0.25, 0.3) is 0 Å². The highest BCUT2D eigenvalue weighted by Gasteiger charge is 2.46. The van der Waals surface area contributed by atoms with Crippen LogP contribution in [0.5, 0.6) is 0 Å². The summed E-state index contributed by atoms with van der Waals surface area (Å²) in [7, 11) is 0. The quantitative estimate of drug-likeness (QED) is 0.443. The van der Waals surface area contributed by atoms with Crippen LogP contribution >= 0.6 is 11.6 Å². The molecule has 2 aliphatic carbocycles. The number of halogens is 1. The number of nitrogens with one attached hydrogen (secondary N) is 1. The average Bonchev–Trinajstić information content (AvgIpc) is 3.32. The Kier molecular flexibility index (Phi) is 6.90. The highest BCUT2D eigenvalue weighted by atomic mass is 35.5. The molecule has 0 radical (unpaired) electrons. The van der Waals surface area contributed by atoms with E-state index in [0.29, 0.717) is 13.1 Å². The number of nitrogens with zero attached hydrogens (tertiary/aromatic N) is 3. The van der Waals surface area contributed by atoms with Crippen molar-refractivity contribution in [2.75, 3.05) is 19.6 Å². The minimum absolute atomic E-state index is 0.0498. The van der Waals surface area contributed by atoms with Crippen molar-refractivity contribution in [1.82, 2.24) is 20.4 Å². The summed E-state index contributed by atoms with van der Waals surface area (Å²) in [6.45, 7) is 4.31. The van der Waals surface area contributed by atoms with Crippen LogP contribution in [0.25, 0.3) is 0 Å². The fraction of sp³-hybridized carbons (Fsp3) is 0.880. The minimum atomic E-state index is -0.225. The van der Waals surface area contributed by atoms with E-state index >= 15 is 0 Å². The van der Waals surface area contributed by atoms with Crippen LogP contribution in [-0.4, -0.2) is 51.9 Å². The van der Waals surface area contributed by atoms with E-state index in [1.807, 2.05) is 11.8 Å². The first-order valence-corrected chi connectivity index (χ1v) is 13.6. The smallest absolute Gasteiger partial charge is 0.410 e. The van der Waals surface area contributed by atoms with Gasteiger partial charge in [0.15, 0.2) is 5.82 Å². The summed E-state index contributed by atoms with van der Waals surface area (Å²) in [5.74, 6) is 2.03. The summed E-state index contributed by atoms with van der Waals surface area (Å²) >= 11 is 6.57. The molecular formula is C25H39ClN4O3. The van der Waals surface area contributed by atoms with Gasteiger partial charge < -0.3 is 19.5 Å². The van der Waals surface area contributed by atoms with Crippen LogP contribution in [-0.2, 0) is 4.74 Å². The van der Waals surface area contributed by atoms with Crippen LogP contribution in [0.1, 0.15) is 114 Å². The first kappa shape index (κ1) is 23.4. The van der Waals surface area contributed by atoms with E-state index in [-0.39, 0.29) is 34.4 Å². The molecule has 0 bridgehead atoms. The average molecular weight is 479 g/mol. The van der Waals surface area contributed by atoms with E-state index in [4.69, 9.17) is 25.8 Å². The zero-order chi connectivity index (χ0) is 22.9. The highest BCUT2D eigenvalue weighted by Crippen LogP contribution is 2.49. The number of hydrogen-bond donors (Lipinski definition) is 1. The molecule has 5 rings (SSSR count). The number of piperidine rings is 2. The maximum Gasteiger partial charge on any atom is 0.410 e. The summed E-state index contributed by atoms with van der Waals surface area (Å²) in [5, 5.41) is 7.98. The van der Waals surface area contributed by atoms with Gasteiger partial charge in [-0.1, -0.05) is 43.7 Å². The van der Waals surface area contributed by atoms with E-state index in [9.17, 15) is 4.79 Å². The zero-order valence-corrected chi connectivity index (χ0v) is 20.7. The van der Waals surface area contributed by atoms with Crippen molar-refractivity contribution in [3.8, 4) is 0 Å². The molecule has 2 atom stereocenters. The lowest BCUT2D eigenvalue weighted by Gasteiger charge is -2.45. The number of ether oxygens (including phenoxy) is 1. The Bertz CT molecular complexity index is 808. The molecule has 1 N–H and O–H groups in total. The van der Waals surface area contributed by atoms with Gasteiger partial charge in [-0.05, 0) is 57.3 Å². The van der Waals surface area contributed by atoms with Crippen molar-refractivity contribution < 1.29 is 14.1 Å². The number of carbonyl (C=O) groups is 1. The molecule has 2 saturated heterocycles. The second kappa shape index (κ2) is 9.73. The van der Waals surface area contributed by atoms with Crippen molar-refractivity contribution in [3.05, 3.63) is 11.7 Å². The molecule has 2 saturated carbocycles. The second-order valence-electron chi connectivity index (χ2n) is 11.2. The molecule has 4 aliphatic rings. The number of alkyl halides is 1. The van der Waals surface area contributed by atoms with Crippen molar-refractivity contribution in [2.24, 2.45) is 5.41 Å². The molecule has 7 nitrogen and oxygen atoms in total. The van der Waals surface area contributed by atoms with Crippen LogP contribution in [0.15, 0.2) is 4.52 Å². The van der Waals surface area contributed by atoms with Gasteiger partial charge in [0, 0.05) is 31.5 Å². The summed E-state index contributed by atoms with van der Waals surface area (Å²) in [4.78, 5) is 19.2. The zero-order valence-electron chi connectivity index (χ0n) is 20.0. The molecule has 1 spiro atoms. The molecule has 33 heavy (non-hydrogen) atoms. The van der Waals surface area contributed by atoms with Crippen molar-refractivity contribution in [2.45, 2.75) is 113 Å². The number of hydrogen-bond acceptors (Lipinski definition) is 6. The normalized spacial score (nSPS) is 30.3. The maximum atomic E-state index is 12.4. The highest BCUT2D eigenvalue weighted by molar-refractivity contribution is 6.20. The van der Waals surface area contributed by atoms with E-state index in [0.717, 1.165) is 50.4 Å². The van der Waals surface area contributed by atoms with Crippen molar-refractivity contribution in [1.29, 1.82) is 0 Å². The lowest BCUT2D eigenvalue weighted by Crippen LogP contribution is -2.48. The Morgan fingerprint density at radius 2 is 1.76 bits per heavy atom. The van der Waals surface area contributed by atoms with E-state index < -0.39 is 0 Å². The Morgan fingerprint density at radius 1 is 1.09 bits per heavy atom. The fourth-order valence-corrected chi connectivity index (χ4v) is 6.34. The molecule has 1 aromatic heterocycles. The van der Waals surface area contributed by atoms with E-state index in [1.165, 1.54) is 51.4 Å².